The maximum atomic E-state index is 11.6. The highest BCUT2D eigenvalue weighted by Gasteiger charge is 2.20. The molecule has 0 aromatic heterocycles. The van der Waals surface area contributed by atoms with E-state index in [1.54, 1.807) is 0 Å². The zero-order valence-corrected chi connectivity index (χ0v) is 14.8. The molecule has 0 saturated carbocycles. The van der Waals surface area contributed by atoms with Crippen LogP contribution in [0.5, 0.6) is 0 Å². The van der Waals surface area contributed by atoms with Crippen molar-refractivity contribution in [3.63, 3.8) is 0 Å². The van der Waals surface area contributed by atoms with Crippen molar-refractivity contribution in [1.82, 2.24) is 0 Å². The van der Waals surface area contributed by atoms with Gasteiger partial charge in [-0.1, -0.05) is 41.5 Å². The van der Waals surface area contributed by atoms with Gasteiger partial charge in [-0.15, -0.1) is 0 Å². The predicted molar refractivity (Wildman–Crippen MR) is 85.6 cm³/mol. The lowest BCUT2D eigenvalue weighted by molar-refractivity contribution is -0.131. The molecule has 0 unspecified atom stereocenters. The van der Waals surface area contributed by atoms with Crippen LogP contribution in [-0.2, 0) is 19.0 Å². The molecule has 0 aromatic carbocycles. The van der Waals surface area contributed by atoms with Crippen LogP contribution in [0.1, 0.15) is 54.4 Å². The van der Waals surface area contributed by atoms with Crippen molar-refractivity contribution in [2.24, 2.45) is 10.8 Å². The summed E-state index contributed by atoms with van der Waals surface area (Å²) >= 11 is 0. The van der Waals surface area contributed by atoms with Gasteiger partial charge < -0.3 is 14.2 Å². The number of Topliss-reactive ketones (excluding diaryl/α,β-unsaturated/α-hetero) is 1. The van der Waals surface area contributed by atoms with E-state index in [1.165, 1.54) is 0 Å². The molecular formula is C17H34O4. The smallest absolute Gasteiger partial charge is 0.163 e. The molecule has 0 amide bonds. The van der Waals surface area contributed by atoms with Crippen LogP contribution in [-0.4, -0.2) is 45.4 Å². The van der Waals surface area contributed by atoms with Gasteiger partial charge in [-0.3, -0.25) is 4.79 Å². The first-order chi connectivity index (χ1) is 9.63. The molecule has 0 saturated heterocycles. The van der Waals surface area contributed by atoms with E-state index in [0.29, 0.717) is 19.8 Å². The van der Waals surface area contributed by atoms with E-state index in [-0.39, 0.29) is 23.2 Å². The lowest BCUT2D eigenvalue weighted by atomic mass is 9.91. The van der Waals surface area contributed by atoms with Gasteiger partial charge in [0, 0.05) is 31.8 Å². The van der Waals surface area contributed by atoms with Crippen LogP contribution in [0.3, 0.4) is 0 Å². The van der Waals surface area contributed by atoms with E-state index < -0.39 is 0 Å². The van der Waals surface area contributed by atoms with E-state index >= 15 is 0 Å². The highest BCUT2D eigenvalue weighted by Crippen LogP contribution is 2.14. The quantitative estimate of drug-likeness (QED) is 0.548. The molecule has 0 atom stereocenters. The minimum absolute atomic E-state index is 0.138. The van der Waals surface area contributed by atoms with Gasteiger partial charge in [-0.05, 0) is 18.3 Å². The van der Waals surface area contributed by atoms with Crippen LogP contribution in [0, 0.1) is 10.8 Å². The Morgan fingerprint density at radius 2 is 1.24 bits per heavy atom. The van der Waals surface area contributed by atoms with Crippen LogP contribution in [0.15, 0.2) is 0 Å². The fourth-order valence-electron chi connectivity index (χ4n) is 1.39. The number of carbonyl (C=O) groups is 1. The Bertz CT molecular complexity index is 273. The maximum Gasteiger partial charge on any atom is 0.163 e. The van der Waals surface area contributed by atoms with E-state index in [4.69, 9.17) is 14.2 Å². The number of ketones is 1. The summed E-state index contributed by atoms with van der Waals surface area (Å²) < 4.78 is 16.4. The molecule has 126 valence electrons. The van der Waals surface area contributed by atoms with E-state index in [1.807, 2.05) is 20.8 Å². The highest BCUT2D eigenvalue weighted by atomic mass is 16.5. The average Bonchev–Trinajstić information content (AvgIpc) is 2.33. The summed E-state index contributed by atoms with van der Waals surface area (Å²) in [6.45, 7) is 15.9. The van der Waals surface area contributed by atoms with E-state index in [9.17, 15) is 4.79 Å². The minimum Gasteiger partial charge on any atom is -0.381 e. The Morgan fingerprint density at radius 3 is 1.71 bits per heavy atom. The fourth-order valence-corrected chi connectivity index (χ4v) is 1.39. The largest absolute Gasteiger partial charge is 0.381 e. The van der Waals surface area contributed by atoms with Crippen molar-refractivity contribution in [3.05, 3.63) is 0 Å². The van der Waals surface area contributed by atoms with Gasteiger partial charge in [0.25, 0.3) is 0 Å². The topological polar surface area (TPSA) is 44.8 Å². The molecule has 0 bridgehead atoms. The van der Waals surface area contributed by atoms with E-state index in [0.717, 1.165) is 26.1 Å². The Hall–Kier alpha value is -0.450. The number of ether oxygens (including phenoxy) is 3. The van der Waals surface area contributed by atoms with Gasteiger partial charge in [0.1, 0.15) is 6.61 Å². The Morgan fingerprint density at radius 1 is 0.762 bits per heavy atom. The van der Waals surface area contributed by atoms with Gasteiger partial charge >= 0.3 is 0 Å². The molecule has 0 radical (unpaired) electrons. The van der Waals surface area contributed by atoms with E-state index in [2.05, 4.69) is 20.8 Å². The van der Waals surface area contributed by atoms with Gasteiger partial charge in [0.05, 0.1) is 6.61 Å². The lowest BCUT2D eigenvalue weighted by Gasteiger charge is -2.17. The van der Waals surface area contributed by atoms with Crippen LogP contribution >= 0.6 is 0 Å². The third-order valence-corrected chi connectivity index (χ3v) is 2.76. The summed E-state index contributed by atoms with van der Waals surface area (Å²) in [5.74, 6) is 0.138. The molecule has 0 aliphatic carbocycles. The Balaban J connectivity index is 3.25. The number of carbonyl (C=O) groups excluding carboxylic acids is 1. The van der Waals surface area contributed by atoms with Crippen LogP contribution < -0.4 is 0 Å². The molecule has 0 heterocycles. The Labute approximate surface area is 130 Å². The first-order valence-electron chi connectivity index (χ1n) is 7.89. The fraction of sp³-hybridized carbons (Fsp3) is 0.941. The molecule has 0 N–H and O–H groups in total. The molecule has 0 rings (SSSR count). The molecule has 0 spiro atoms. The molecule has 0 aliphatic rings. The SMILES string of the molecule is CC(C)(C)COCCCOCCCOCC(=O)C(C)(C)C. The molecule has 4 heteroatoms. The third kappa shape index (κ3) is 14.3. The van der Waals surface area contributed by atoms with Crippen molar-refractivity contribution in [1.29, 1.82) is 0 Å². The summed E-state index contributed by atoms with van der Waals surface area (Å²) in [5.41, 5.74) is -0.0910. The van der Waals surface area contributed by atoms with Crippen molar-refractivity contribution >= 4 is 5.78 Å². The number of hydrogen-bond acceptors (Lipinski definition) is 4. The third-order valence-electron chi connectivity index (χ3n) is 2.76. The van der Waals surface area contributed by atoms with Crippen LogP contribution in [0.4, 0.5) is 0 Å². The van der Waals surface area contributed by atoms with Gasteiger partial charge in [-0.2, -0.15) is 0 Å². The van der Waals surface area contributed by atoms with Crippen molar-refractivity contribution in [3.8, 4) is 0 Å². The molecule has 0 aliphatic heterocycles. The first-order valence-corrected chi connectivity index (χ1v) is 7.89. The molecule has 21 heavy (non-hydrogen) atoms. The second-order valence-electron chi connectivity index (χ2n) is 7.66. The Kier molecular flexibility index (Phi) is 10.1. The molecule has 0 aromatic rings. The summed E-state index contributed by atoms with van der Waals surface area (Å²) in [6, 6.07) is 0. The zero-order chi connectivity index (χ0) is 16.4. The standard InChI is InChI=1S/C17H34O4/c1-16(2,3)14-21-12-8-10-19-9-7-11-20-13-15(18)17(4,5)6/h7-14H2,1-6H3. The monoisotopic (exact) mass is 302 g/mol. The highest BCUT2D eigenvalue weighted by molar-refractivity contribution is 5.84. The van der Waals surface area contributed by atoms with Crippen LogP contribution in [0.25, 0.3) is 0 Å². The number of hydrogen-bond donors (Lipinski definition) is 0. The van der Waals surface area contributed by atoms with Gasteiger partial charge in [0.2, 0.25) is 0 Å². The first kappa shape index (κ1) is 20.6. The summed E-state index contributed by atoms with van der Waals surface area (Å²) in [6.07, 6.45) is 1.74. The molecular weight excluding hydrogens is 268 g/mol. The predicted octanol–water partition coefficient (Wildman–Crippen LogP) is 3.48. The van der Waals surface area contributed by atoms with Crippen molar-refractivity contribution in [2.75, 3.05) is 39.6 Å². The number of rotatable bonds is 11. The maximum absolute atomic E-state index is 11.6. The summed E-state index contributed by atoms with van der Waals surface area (Å²) in [7, 11) is 0. The molecule has 0 fully saturated rings. The second kappa shape index (κ2) is 10.3. The van der Waals surface area contributed by atoms with Gasteiger partial charge in [-0.25, -0.2) is 0 Å². The lowest BCUT2D eigenvalue weighted by Crippen LogP contribution is -2.25. The average molecular weight is 302 g/mol. The van der Waals surface area contributed by atoms with Crippen molar-refractivity contribution in [2.45, 2.75) is 54.4 Å². The summed E-state index contributed by atoms with van der Waals surface area (Å²) in [4.78, 5) is 11.6. The second-order valence-corrected chi connectivity index (χ2v) is 7.66. The summed E-state index contributed by atoms with van der Waals surface area (Å²) in [5, 5.41) is 0. The normalized spacial score (nSPS) is 12.7. The zero-order valence-electron chi connectivity index (χ0n) is 14.8. The van der Waals surface area contributed by atoms with Crippen LogP contribution in [0.2, 0.25) is 0 Å². The van der Waals surface area contributed by atoms with Crippen molar-refractivity contribution < 1.29 is 19.0 Å². The minimum atomic E-state index is -0.316. The molecule has 4 nitrogen and oxygen atoms in total. The van der Waals surface area contributed by atoms with Gasteiger partial charge in [0.15, 0.2) is 5.78 Å².